The average Bonchev–Trinajstić information content (AvgIpc) is 2.62. The molecule has 0 radical (unpaired) electrons. The van der Waals surface area contributed by atoms with Crippen LogP contribution in [0, 0.1) is 3.57 Å². The minimum absolute atomic E-state index is 0.144. The molecule has 2 aromatic carbocycles. The summed E-state index contributed by atoms with van der Waals surface area (Å²) in [5.41, 5.74) is 0.286. The lowest BCUT2D eigenvalue weighted by molar-refractivity contribution is -0.137. The molecule has 1 aliphatic rings. The molecule has 0 aliphatic carbocycles. The summed E-state index contributed by atoms with van der Waals surface area (Å²) in [4.78, 5) is 14.4. The summed E-state index contributed by atoms with van der Waals surface area (Å²) in [5.74, 6) is -0.449. The van der Waals surface area contributed by atoms with Gasteiger partial charge in [0.15, 0.2) is 0 Å². The van der Waals surface area contributed by atoms with E-state index in [9.17, 15) is 18.0 Å². The molecule has 1 aliphatic heterocycles. The molecule has 0 unspecified atom stereocenters. The van der Waals surface area contributed by atoms with E-state index in [1.807, 2.05) is 4.90 Å². The van der Waals surface area contributed by atoms with Gasteiger partial charge >= 0.3 is 6.18 Å². The quantitative estimate of drug-likeness (QED) is 0.669. The van der Waals surface area contributed by atoms with Crippen LogP contribution in [0.3, 0.4) is 0 Å². The number of hydrogen-bond acceptors (Lipinski definition) is 3. The van der Waals surface area contributed by atoms with Gasteiger partial charge in [-0.05, 0) is 65.1 Å². The second-order valence-electron chi connectivity index (χ2n) is 5.79. The lowest BCUT2D eigenvalue weighted by atomic mass is 10.1. The summed E-state index contributed by atoms with van der Waals surface area (Å²) in [6, 6.07) is 10.2. The Labute approximate surface area is 162 Å². The second kappa shape index (κ2) is 7.83. The summed E-state index contributed by atoms with van der Waals surface area (Å²) in [5, 5.41) is 2.63. The number of carbonyl (C=O) groups is 1. The number of amides is 1. The number of halogens is 4. The van der Waals surface area contributed by atoms with Gasteiger partial charge in [-0.25, -0.2) is 0 Å². The molecule has 0 atom stereocenters. The van der Waals surface area contributed by atoms with Crippen molar-refractivity contribution in [3.05, 3.63) is 57.2 Å². The monoisotopic (exact) mass is 476 g/mol. The molecule has 0 saturated carbocycles. The number of nitrogens with one attached hydrogen (secondary N) is 1. The van der Waals surface area contributed by atoms with Crippen molar-refractivity contribution in [2.75, 3.05) is 36.5 Å². The Hall–Kier alpha value is -1.81. The van der Waals surface area contributed by atoms with Crippen LogP contribution in [0.5, 0.6) is 0 Å². The molecule has 1 fully saturated rings. The maximum Gasteiger partial charge on any atom is 0.416 e. The zero-order valence-corrected chi connectivity index (χ0v) is 15.8. The second-order valence-corrected chi connectivity index (χ2v) is 7.04. The average molecular weight is 476 g/mol. The molecule has 0 aromatic heterocycles. The summed E-state index contributed by atoms with van der Waals surface area (Å²) >= 11 is 2.12. The lowest BCUT2D eigenvalue weighted by Gasteiger charge is -2.31. The highest BCUT2D eigenvalue weighted by atomic mass is 127. The number of hydrogen-bond donors (Lipinski definition) is 1. The third-order valence-corrected chi connectivity index (χ3v) is 4.75. The highest BCUT2D eigenvalue weighted by Crippen LogP contribution is 2.36. The Morgan fingerprint density at radius 3 is 2.35 bits per heavy atom. The molecule has 26 heavy (non-hydrogen) atoms. The van der Waals surface area contributed by atoms with E-state index >= 15 is 0 Å². The first-order valence-electron chi connectivity index (χ1n) is 7.95. The van der Waals surface area contributed by atoms with Gasteiger partial charge in [-0.15, -0.1) is 0 Å². The van der Waals surface area contributed by atoms with E-state index in [0.717, 1.165) is 15.7 Å². The maximum atomic E-state index is 13.1. The van der Waals surface area contributed by atoms with Crippen LogP contribution in [0.2, 0.25) is 0 Å². The minimum atomic E-state index is -4.48. The Bertz CT molecular complexity index is 788. The van der Waals surface area contributed by atoms with Crippen molar-refractivity contribution in [1.29, 1.82) is 0 Å². The van der Waals surface area contributed by atoms with Crippen LogP contribution in [0.15, 0.2) is 42.5 Å². The number of ether oxygens (including phenoxy) is 1. The Kier molecular flexibility index (Phi) is 5.71. The fraction of sp³-hybridized carbons (Fsp3) is 0.278. The number of anilines is 2. The van der Waals surface area contributed by atoms with Gasteiger partial charge in [0.05, 0.1) is 30.2 Å². The molecule has 2 aromatic rings. The SMILES string of the molecule is O=C(Nc1cc(C(F)(F)F)ccc1N1CCOCC1)c1ccc(I)cc1. The van der Waals surface area contributed by atoms with E-state index in [1.165, 1.54) is 6.07 Å². The first-order valence-corrected chi connectivity index (χ1v) is 9.03. The first kappa shape index (κ1) is 19.0. The van der Waals surface area contributed by atoms with E-state index in [2.05, 4.69) is 27.9 Å². The summed E-state index contributed by atoms with van der Waals surface area (Å²) < 4.78 is 45.6. The van der Waals surface area contributed by atoms with Crippen LogP contribution < -0.4 is 10.2 Å². The van der Waals surface area contributed by atoms with Gasteiger partial charge in [-0.1, -0.05) is 0 Å². The molecule has 0 bridgehead atoms. The van der Waals surface area contributed by atoms with Crippen LogP contribution in [0.25, 0.3) is 0 Å². The normalized spacial score (nSPS) is 15.0. The zero-order valence-electron chi connectivity index (χ0n) is 13.6. The van der Waals surface area contributed by atoms with Gasteiger partial charge in [0.2, 0.25) is 0 Å². The van der Waals surface area contributed by atoms with Gasteiger partial charge in [0.1, 0.15) is 0 Å². The van der Waals surface area contributed by atoms with E-state index in [0.29, 0.717) is 37.6 Å². The van der Waals surface area contributed by atoms with Crippen molar-refractivity contribution in [2.24, 2.45) is 0 Å². The van der Waals surface area contributed by atoms with Gasteiger partial charge in [-0.3, -0.25) is 4.79 Å². The number of alkyl halides is 3. The zero-order chi connectivity index (χ0) is 18.7. The predicted molar refractivity (Wildman–Crippen MR) is 102 cm³/mol. The van der Waals surface area contributed by atoms with E-state index in [4.69, 9.17) is 4.74 Å². The van der Waals surface area contributed by atoms with Crippen molar-refractivity contribution in [3.63, 3.8) is 0 Å². The van der Waals surface area contributed by atoms with Crippen molar-refractivity contribution >= 4 is 39.9 Å². The molecule has 4 nitrogen and oxygen atoms in total. The lowest BCUT2D eigenvalue weighted by Crippen LogP contribution is -2.36. The van der Waals surface area contributed by atoms with Crippen LogP contribution in [0.1, 0.15) is 15.9 Å². The largest absolute Gasteiger partial charge is 0.416 e. The van der Waals surface area contributed by atoms with E-state index < -0.39 is 17.6 Å². The molecular weight excluding hydrogens is 460 g/mol. The minimum Gasteiger partial charge on any atom is -0.378 e. The van der Waals surface area contributed by atoms with E-state index in [-0.39, 0.29) is 5.69 Å². The molecule has 0 spiro atoms. The predicted octanol–water partition coefficient (Wildman–Crippen LogP) is 4.40. The number of carbonyl (C=O) groups excluding carboxylic acids is 1. The molecule has 1 saturated heterocycles. The van der Waals surface area contributed by atoms with Crippen molar-refractivity contribution in [3.8, 4) is 0 Å². The Balaban J connectivity index is 1.93. The summed E-state index contributed by atoms with van der Waals surface area (Å²) in [6.07, 6.45) is -4.48. The molecule has 1 N–H and O–H groups in total. The van der Waals surface area contributed by atoms with Crippen LogP contribution >= 0.6 is 22.6 Å². The molecular formula is C18H16F3IN2O2. The van der Waals surface area contributed by atoms with Crippen LogP contribution in [-0.4, -0.2) is 32.2 Å². The Morgan fingerprint density at radius 2 is 1.73 bits per heavy atom. The highest BCUT2D eigenvalue weighted by Gasteiger charge is 2.32. The number of morpholine rings is 1. The smallest absolute Gasteiger partial charge is 0.378 e. The third kappa shape index (κ3) is 4.47. The molecule has 1 heterocycles. The Morgan fingerprint density at radius 1 is 1.08 bits per heavy atom. The molecule has 8 heteroatoms. The number of benzene rings is 2. The van der Waals surface area contributed by atoms with Gasteiger partial charge in [0, 0.05) is 22.2 Å². The van der Waals surface area contributed by atoms with Gasteiger partial charge in [-0.2, -0.15) is 13.2 Å². The van der Waals surface area contributed by atoms with Crippen molar-refractivity contribution < 1.29 is 22.7 Å². The molecule has 138 valence electrons. The maximum absolute atomic E-state index is 13.1. The van der Waals surface area contributed by atoms with Crippen LogP contribution in [0.4, 0.5) is 24.5 Å². The van der Waals surface area contributed by atoms with Crippen LogP contribution in [-0.2, 0) is 10.9 Å². The first-order chi connectivity index (χ1) is 12.3. The van der Waals surface area contributed by atoms with Crippen molar-refractivity contribution in [1.82, 2.24) is 0 Å². The van der Waals surface area contributed by atoms with Gasteiger partial charge < -0.3 is 15.0 Å². The fourth-order valence-electron chi connectivity index (χ4n) is 2.69. The molecule has 3 rings (SSSR count). The summed E-state index contributed by atoms with van der Waals surface area (Å²) in [6.45, 7) is 2.09. The van der Waals surface area contributed by atoms with Gasteiger partial charge in [0.25, 0.3) is 5.91 Å². The number of rotatable bonds is 3. The molecule has 1 amide bonds. The topological polar surface area (TPSA) is 41.6 Å². The fourth-order valence-corrected chi connectivity index (χ4v) is 3.05. The van der Waals surface area contributed by atoms with E-state index in [1.54, 1.807) is 24.3 Å². The standard InChI is InChI=1S/C18H16F3IN2O2/c19-18(20,21)13-3-6-16(24-7-9-26-10-8-24)15(11-13)23-17(25)12-1-4-14(22)5-2-12/h1-6,11H,7-10H2,(H,23,25). The third-order valence-electron chi connectivity index (χ3n) is 4.03. The highest BCUT2D eigenvalue weighted by molar-refractivity contribution is 14.1. The summed E-state index contributed by atoms with van der Waals surface area (Å²) in [7, 11) is 0. The van der Waals surface area contributed by atoms with Crippen molar-refractivity contribution in [2.45, 2.75) is 6.18 Å². The number of nitrogens with zero attached hydrogens (tertiary/aromatic N) is 1.